The molecule has 110 valence electrons. The molecule has 0 aromatic heterocycles. The second-order valence-electron chi connectivity index (χ2n) is 5.01. The number of nitrogens with zero attached hydrogens (tertiary/aromatic N) is 1. The molecule has 1 fully saturated rings. The molecule has 0 radical (unpaired) electrons. The molecule has 1 amide bonds. The maximum Gasteiger partial charge on any atom is 0.238 e. The Bertz CT molecular complexity index is 471. The number of aliphatic hydroxyl groups is 1. The Hall–Kier alpha value is -1.79. The van der Waals surface area contributed by atoms with Crippen LogP contribution in [0.1, 0.15) is 12.8 Å². The van der Waals surface area contributed by atoms with Crippen LogP contribution in [0.2, 0.25) is 0 Å². The van der Waals surface area contributed by atoms with Crippen LogP contribution in [0.25, 0.3) is 0 Å². The molecule has 20 heavy (non-hydrogen) atoms. The van der Waals surface area contributed by atoms with Gasteiger partial charge in [-0.3, -0.25) is 9.69 Å². The Morgan fingerprint density at radius 2 is 2.20 bits per heavy atom. The minimum atomic E-state index is -0.230. The number of methoxy groups -OCH3 is 1. The van der Waals surface area contributed by atoms with Gasteiger partial charge in [0.05, 0.1) is 31.1 Å². The fourth-order valence-corrected chi connectivity index (χ4v) is 2.25. The van der Waals surface area contributed by atoms with E-state index in [-0.39, 0.29) is 12.0 Å². The highest BCUT2D eigenvalue weighted by Gasteiger charge is 2.19. The Kier molecular flexibility index (Phi) is 4.81. The lowest BCUT2D eigenvalue weighted by molar-refractivity contribution is -0.117. The largest absolute Gasteiger partial charge is 0.497 e. The monoisotopic (exact) mass is 279 g/mol. The van der Waals surface area contributed by atoms with Gasteiger partial charge in [-0.25, -0.2) is 0 Å². The Morgan fingerprint density at radius 1 is 1.50 bits per heavy atom. The number of likely N-dealkylation sites (tertiary alicyclic amines) is 1. The molecule has 1 aromatic rings. The number of hydrogen-bond acceptors (Lipinski definition) is 5. The predicted octanol–water partition coefficient (Wildman–Crippen LogP) is 0.673. The lowest BCUT2D eigenvalue weighted by Gasteiger charge is -2.28. The van der Waals surface area contributed by atoms with Crippen molar-refractivity contribution in [1.29, 1.82) is 0 Å². The average molecular weight is 279 g/mol. The van der Waals surface area contributed by atoms with Crippen LogP contribution in [-0.2, 0) is 4.79 Å². The first-order valence-corrected chi connectivity index (χ1v) is 6.72. The standard InChI is InChI=1S/C14H21N3O3/c1-20-11-2-3-13(12(15)8-11)16-14(19)9-17-6-4-10(18)5-7-17/h2-3,8,10,18H,4-7,9,15H2,1H3,(H,16,19). The van der Waals surface area contributed by atoms with Gasteiger partial charge in [-0.1, -0.05) is 0 Å². The Balaban J connectivity index is 1.88. The molecule has 1 aliphatic heterocycles. The third-order valence-electron chi connectivity index (χ3n) is 3.46. The van der Waals surface area contributed by atoms with Crippen LogP contribution in [-0.4, -0.2) is 48.8 Å². The number of rotatable bonds is 4. The van der Waals surface area contributed by atoms with Gasteiger partial charge in [-0.05, 0) is 25.0 Å². The number of carbonyl (C=O) groups excluding carboxylic acids is 1. The molecule has 0 unspecified atom stereocenters. The van der Waals surface area contributed by atoms with Crippen molar-refractivity contribution in [3.8, 4) is 5.75 Å². The highest BCUT2D eigenvalue weighted by molar-refractivity contribution is 5.95. The van der Waals surface area contributed by atoms with Crippen molar-refractivity contribution in [1.82, 2.24) is 4.90 Å². The van der Waals surface area contributed by atoms with Crippen LogP contribution in [0.15, 0.2) is 18.2 Å². The SMILES string of the molecule is COc1ccc(NC(=O)CN2CCC(O)CC2)c(N)c1. The first-order chi connectivity index (χ1) is 9.58. The van der Waals surface area contributed by atoms with Crippen LogP contribution in [0.4, 0.5) is 11.4 Å². The zero-order valence-electron chi connectivity index (χ0n) is 11.6. The summed E-state index contributed by atoms with van der Waals surface area (Å²) in [4.78, 5) is 14.0. The fraction of sp³-hybridized carbons (Fsp3) is 0.500. The maximum absolute atomic E-state index is 12.0. The van der Waals surface area contributed by atoms with Gasteiger partial charge in [0.15, 0.2) is 0 Å². The van der Waals surface area contributed by atoms with E-state index in [9.17, 15) is 9.90 Å². The predicted molar refractivity (Wildman–Crippen MR) is 77.7 cm³/mol. The molecule has 6 heteroatoms. The molecular weight excluding hydrogens is 258 g/mol. The minimum absolute atomic E-state index is 0.0988. The number of piperidine rings is 1. The molecule has 0 atom stereocenters. The molecule has 1 heterocycles. The highest BCUT2D eigenvalue weighted by atomic mass is 16.5. The average Bonchev–Trinajstić information content (AvgIpc) is 2.43. The van der Waals surface area contributed by atoms with E-state index in [1.807, 2.05) is 4.90 Å². The van der Waals surface area contributed by atoms with Gasteiger partial charge in [-0.2, -0.15) is 0 Å². The van der Waals surface area contributed by atoms with Crippen molar-refractivity contribution in [2.75, 3.05) is 37.8 Å². The molecule has 0 bridgehead atoms. The summed E-state index contributed by atoms with van der Waals surface area (Å²) in [5.74, 6) is 0.559. The third kappa shape index (κ3) is 3.85. The van der Waals surface area contributed by atoms with E-state index in [2.05, 4.69) is 5.32 Å². The first-order valence-electron chi connectivity index (χ1n) is 6.72. The number of hydrogen-bond donors (Lipinski definition) is 3. The fourth-order valence-electron chi connectivity index (χ4n) is 2.25. The number of carbonyl (C=O) groups is 1. The minimum Gasteiger partial charge on any atom is -0.497 e. The summed E-state index contributed by atoms with van der Waals surface area (Å²) in [7, 11) is 1.57. The molecule has 6 nitrogen and oxygen atoms in total. The van der Waals surface area contributed by atoms with Crippen molar-refractivity contribution in [3.05, 3.63) is 18.2 Å². The molecule has 2 rings (SSSR count). The van der Waals surface area contributed by atoms with Gasteiger partial charge in [-0.15, -0.1) is 0 Å². The van der Waals surface area contributed by atoms with Gasteiger partial charge in [0.1, 0.15) is 5.75 Å². The van der Waals surface area contributed by atoms with Crippen molar-refractivity contribution in [3.63, 3.8) is 0 Å². The van der Waals surface area contributed by atoms with E-state index in [0.29, 0.717) is 23.7 Å². The van der Waals surface area contributed by atoms with E-state index in [0.717, 1.165) is 25.9 Å². The molecule has 1 saturated heterocycles. The Labute approximate surface area is 118 Å². The van der Waals surface area contributed by atoms with Crippen LogP contribution in [0, 0.1) is 0 Å². The highest BCUT2D eigenvalue weighted by Crippen LogP contribution is 2.24. The number of amides is 1. The Morgan fingerprint density at radius 3 is 2.80 bits per heavy atom. The molecule has 0 saturated carbocycles. The summed E-state index contributed by atoms with van der Waals surface area (Å²) in [6, 6.07) is 5.15. The zero-order chi connectivity index (χ0) is 14.5. The van der Waals surface area contributed by atoms with Crippen molar-refractivity contribution in [2.45, 2.75) is 18.9 Å². The first kappa shape index (κ1) is 14.6. The zero-order valence-corrected chi connectivity index (χ0v) is 11.6. The van der Waals surface area contributed by atoms with Gasteiger partial charge >= 0.3 is 0 Å². The number of nitrogens with two attached hydrogens (primary N) is 1. The molecule has 0 spiro atoms. The number of aliphatic hydroxyl groups excluding tert-OH is 1. The number of nitrogen functional groups attached to an aromatic ring is 1. The quantitative estimate of drug-likeness (QED) is 0.705. The number of benzene rings is 1. The topological polar surface area (TPSA) is 87.8 Å². The molecule has 4 N–H and O–H groups in total. The smallest absolute Gasteiger partial charge is 0.238 e. The van der Waals surface area contributed by atoms with Crippen LogP contribution in [0.3, 0.4) is 0 Å². The molecule has 1 aliphatic rings. The van der Waals surface area contributed by atoms with E-state index < -0.39 is 0 Å². The second kappa shape index (κ2) is 6.58. The van der Waals surface area contributed by atoms with Crippen LogP contribution >= 0.6 is 0 Å². The van der Waals surface area contributed by atoms with Gasteiger partial charge in [0.25, 0.3) is 0 Å². The van der Waals surface area contributed by atoms with Crippen LogP contribution < -0.4 is 15.8 Å². The summed E-state index contributed by atoms with van der Waals surface area (Å²) in [6.07, 6.45) is 1.21. The summed E-state index contributed by atoms with van der Waals surface area (Å²) in [5, 5.41) is 12.2. The van der Waals surface area contributed by atoms with Crippen LogP contribution in [0.5, 0.6) is 5.75 Å². The maximum atomic E-state index is 12.0. The van der Waals surface area contributed by atoms with E-state index in [1.54, 1.807) is 25.3 Å². The third-order valence-corrected chi connectivity index (χ3v) is 3.46. The molecular formula is C14H21N3O3. The second-order valence-corrected chi connectivity index (χ2v) is 5.01. The lowest BCUT2D eigenvalue weighted by atomic mass is 10.1. The molecule has 0 aliphatic carbocycles. The number of ether oxygens (including phenoxy) is 1. The van der Waals surface area contributed by atoms with Crippen molar-refractivity contribution >= 4 is 17.3 Å². The van der Waals surface area contributed by atoms with E-state index >= 15 is 0 Å². The van der Waals surface area contributed by atoms with Gasteiger partial charge < -0.3 is 20.9 Å². The number of anilines is 2. The summed E-state index contributed by atoms with van der Waals surface area (Å²) in [6.45, 7) is 1.80. The summed E-state index contributed by atoms with van der Waals surface area (Å²) >= 11 is 0. The van der Waals surface area contributed by atoms with Crippen molar-refractivity contribution in [2.24, 2.45) is 0 Å². The number of nitrogens with one attached hydrogen (secondary N) is 1. The lowest BCUT2D eigenvalue weighted by Crippen LogP contribution is -2.40. The molecule has 1 aromatic carbocycles. The van der Waals surface area contributed by atoms with E-state index in [4.69, 9.17) is 10.5 Å². The van der Waals surface area contributed by atoms with Gasteiger partial charge in [0.2, 0.25) is 5.91 Å². The summed E-state index contributed by atoms with van der Waals surface area (Å²) in [5.41, 5.74) is 6.92. The summed E-state index contributed by atoms with van der Waals surface area (Å²) < 4.78 is 5.06. The van der Waals surface area contributed by atoms with Gasteiger partial charge in [0, 0.05) is 19.2 Å². The normalized spacial score (nSPS) is 16.9. The van der Waals surface area contributed by atoms with E-state index in [1.165, 1.54) is 0 Å². The van der Waals surface area contributed by atoms with Crippen molar-refractivity contribution < 1.29 is 14.6 Å².